The fraction of sp³-hybridized carbons (Fsp3) is 0.636. The first-order valence-electron chi connectivity index (χ1n) is 5.65. The van der Waals surface area contributed by atoms with Crippen LogP contribution in [0.4, 0.5) is 0 Å². The van der Waals surface area contributed by atoms with E-state index in [0.717, 1.165) is 12.8 Å². The van der Waals surface area contributed by atoms with Crippen LogP contribution < -0.4 is 0 Å². The molecule has 0 fully saturated rings. The Labute approximate surface area is 107 Å². The van der Waals surface area contributed by atoms with Crippen molar-refractivity contribution < 1.29 is 13.2 Å². The van der Waals surface area contributed by atoms with Crippen molar-refractivity contribution in [3.05, 3.63) is 17.5 Å². The quantitative estimate of drug-likeness (QED) is 0.731. The number of methoxy groups -OCH3 is 1. The van der Waals surface area contributed by atoms with Gasteiger partial charge in [-0.05, 0) is 17.9 Å². The molecule has 0 N–H and O–H groups in total. The van der Waals surface area contributed by atoms with E-state index in [-0.39, 0.29) is 0 Å². The van der Waals surface area contributed by atoms with Gasteiger partial charge in [0.2, 0.25) is 0 Å². The minimum Gasteiger partial charge on any atom is -0.383 e. The summed E-state index contributed by atoms with van der Waals surface area (Å²) in [6.45, 7) is 3.44. The number of hydrogen-bond donors (Lipinski definition) is 0. The highest BCUT2D eigenvalue weighted by Crippen LogP contribution is 2.21. The summed E-state index contributed by atoms with van der Waals surface area (Å²) >= 11 is 1.25. The van der Waals surface area contributed by atoms with E-state index in [0.29, 0.717) is 23.9 Å². The molecule has 0 amide bonds. The van der Waals surface area contributed by atoms with Crippen LogP contribution in [-0.2, 0) is 14.8 Å². The Balaban J connectivity index is 2.80. The van der Waals surface area contributed by atoms with Gasteiger partial charge in [-0.25, -0.2) is 8.42 Å². The second-order valence-corrected chi connectivity index (χ2v) is 6.79. The number of sulfonamides is 1. The summed E-state index contributed by atoms with van der Waals surface area (Å²) in [5, 5.41) is 1.78. The Morgan fingerprint density at radius 2 is 2.18 bits per heavy atom. The minimum atomic E-state index is -3.33. The van der Waals surface area contributed by atoms with Gasteiger partial charge in [0.25, 0.3) is 10.0 Å². The number of ether oxygens (including phenoxy) is 1. The standard InChI is InChI=1S/C11H19NO3S2/c1-3-4-7-12(8-9-15-2)17(13,14)11-6-5-10-16-11/h5-6,10H,3-4,7-9H2,1-2H3. The number of unbranched alkanes of at least 4 members (excludes halogenated alkanes) is 1. The van der Waals surface area contributed by atoms with Crippen molar-refractivity contribution in [2.24, 2.45) is 0 Å². The van der Waals surface area contributed by atoms with Crippen molar-refractivity contribution >= 4 is 21.4 Å². The molecule has 0 saturated heterocycles. The molecule has 0 saturated carbocycles. The van der Waals surface area contributed by atoms with Crippen molar-refractivity contribution in [3.8, 4) is 0 Å². The average Bonchev–Trinajstić information content (AvgIpc) is 2.83. The molecule has 0 radical (unpaired) electrons. The Hall–Kier alpha value is -0.430. The van der Waals surface area contributed by atoms with Gasteiger partial charge in [-0.1, -0.05) is 19.4 Å². The van der Waals surface area contributed by atoms with Crippen molar-refractivity contribution in [1.82, 2.24) is 4.31 Å². The van der Waals surface area contributed by atoms with Crippen LogP contribution in [0.3, 0.4) is 0 Å². The first kappa shape index (κ1) is 14.6. The van der Waals surface area contributed by atoms with E-state index in [2.05, 4.69) is 0 Å². The molecule has 0 aliphatic carbocycles. The SMILES string of the molecule is CCCCN(CCOC)S(=O)(=O)c1cccs1. The lowest BCUT2D eigenvalue weighted by atomic mass is 10.3. The topological polar surface area (TPSA) is 46.6 Å². The van der Waals surface area contributed by atoms with Crippen molar-refractivity contribution in [2.45, 2.75) is 24.0 Å². The van der Waals surface area contributed by atoms with Gasteiger partial charge in [-0.2, -0.15) is 4.31 Å². The van der Waals surface area contributed by atoms with Gasteiger partial charge in [0, 0.05) is 20.2 Å². The zero-order valence-electron chi connectivity index (χ0n) is 10.3. The molecule has 98 valence electrons. The van der Waals surface area contributed by atoms with E-state index in [1.54, 1.807) is 24.6 Å². The number of thiophene rings is 1. The Bertz CT molecular complexity index is 392. The van der Waals surface area contributed by atoms with Crippen molar-refractivity contribution in [2.75, 3.05) is 26.8 Å². The molecule has 0 atom stereocenters. The lowest BCUT2D eigenvalue weighted by Gasteiger charge is -2.20. The zero-order valence-corrected chi connectivity index (χ0v) is 11.9. The third-order valence-corrected chi connectivity index (χ3v) is 5.67. The number of rotatable bonds is 8. The van der Waals surface area contributed by atoms with Gasteiger partial charge < -0.3 is 4.74 Å². The van der Waals surface area contributed by atoms with E-state index >= 15 is 0 Å². The molecule has 0 aromatic carbocycles. The van der Waals surface area contributed by atoms with Crippen LogP contribution in [0.25, 0.3) is 0 Å². The van der Waals surface area contributed by atoms with Gasteiger partial charge in [-0.15, -0.1) is 11.3 Å². The van der Waals surface area contributed by atoms with Gasteiger partial charge in [0.05, 0.1) is 6.61 Å². The number of hydrogen-bond acceptors (Lipinski definition) is 4. The maximum absolute atomic E-state index is 12.3. The molecule has 17 heavy (non-hydrogen) atoms. The van der Waals surface area contributed by atoms with Crippen LogP contribution in [0.1, 0.15) is 19.8 Å². The lowest BCUT2D eigenvalue weighted by Crippen LogP contribution is -2.34. The van der Waals surface area contributed by atoms with Crippen LogP contribution in [0.2, 0.25) is 0 Å². The van der Waals surface area contributed by atoms with Crippen LogP contribution >= 0.6 is 11.3 Å². The molecule has 0 aliphatic rings. The third kappa shape index (κ3) is 4.06. The molecule has 6 heteroatoms. The molecule has 0 bridgehead atoms. The second kappa shape index (κ2) is 7.10. The second-order valence-electron chi connectivity index (χ2n) is 3.68. The highest BCUT2D eigenvalue weighted by atomic mass is 32.2. The Kier molecular flexibility index (Phi) is 6.11. The molecule has 0 spiro atoms. The highest BCUT2D eigenvalue weighted by molar-refractivity contribution is 7.91. The normalized spacial score (nSPS) is 12.2. The van der Waals surface area contributed by atoms with Gasteiger partial charge in [0.15, 0.2) is 0 Å². The van der Waals surface area contributed by atoms with Crippen molar-refractivity contribution in [3.63, 3.8) is 0 Å². The summed E-state index contributed by atoms with van der Waals surface area (Å²) in [4.78, 5) is 0. The highest BCUT2D eigenvalue weighted by Gasteiger charge is 2.24. The monoisotopic (exact) mass is 277 g/mol. The first-order chi connectivity index (χ1) is 8.12. The molecule has 1 aromatic heterocycles. The van der Waals surface area contributed by atoms with Gasteiger partial charge >= 0.3 is 0 Å². The summed E-state index contributed by atoms with van der Waals surface area (Å²) in [5.41, 5.74) is 0. The third-order valence-electron chi connectivity index (χ3n) is 2.40. The van der Waals surface area contributed by atoms with E-state index in [1.165, 1.54) is 15.6 Å². The fourth-order valence-corrected chi connectivity index (χ4v) is 4.02. The Morgan fingerprint density at radius 1 is 1.41 bits per heavy atom. The molecular formula is C11H19NO3S2. The van der Waals surface area contributed by atoms with E-state index < -0.39 is 10.0 Å². The summed E-state index contributed by atoms with van der Waals surface area (Å²) < 4.78 is 31.4. The van der Waals surface area contributed by atoms with Gasteiger partial charge in [0.1, 0.15) is 4.21 Å². The van der Waals surface area contributed by atoms with E-state index in [9.17, 15) is 8.42 Å². The van der Waals surface area contributed by atoms with E-state index in [1.807, 2.05) is 6.92 Å². The molecule has 0 unspecified atom stereocenters. The lowest BCUT2D eigenvalue weighted by molar-refractivity contribution is 0.178. The minimum absolute atomic E-state index is 0.407. The molecular weight excluding hydrogens is 258 g/mol. The summed E-state index contributed by atoms with van der Waals surface area (Å²) in [7, 11) is -1.75. The maximum Gasteiger partial charge on any atom is 0.252 e. The van der Waals surface area contributed by atoms with Crippen LogP contribution in [0.5, 0.6) is 0 Å². The predicted octanol–water partition coefficient (Wildman–Crippen LogP) is 2.19. The molecule has 1 rings (SSSR count). The summed E-state index contributed by atoms with van der Waals surface area (Å²) in [6, 6.07) is 3.40. The maximum atomic E-state index is 12.3. The van der Waals surface area contributed by atoms with Crippen LogP contribution in [-0.4, -0.2) is 39.5 Å². The summed E-state index contributed by atoms with van der Waals surface area (Å²) in [6.07, 6.45) is 1.85. The molecule has 4 nitrogen and oxygen atoms in total. The predicted molar refractivity (Wildman–Crippen MR) is 69.9 cm³/mol. The largest absolute Gasteiger partial charge is 0.383 e. The summed E-state index contributed by atoms with van der Waals surface area (Å²) in [5.74, 6) is 0. The zero-order chi connectivity index (χ0) is 12.7. The first-order valence-corrected chi connectivity index (χ1v) is 7.97. The van der Waals surface area contributed by atoms with Gasteiger partial charge in [-0.3, -0.25) is 0 Å². The molecule has 1 aromatic rings. The smallest absolute Gasteiger partial charge is 0.252 e. The van der Waals surface area contributed by atoms with E-state index in [4.69, 9.17) is 4.74 Å². The average molecular weight is 277 g/mol. The Morgan fingerprint density at radius 3 is 2.71 bits per heavy atom. The fourth-order valence-electron chi connectivity index (χ4n) is 1.42. The molecule has 0 aliphatic heterocycles. The van der Waals surface area contributed by atoms with Crippen molar-refractivity contribution in [1.29, 1.82) is 0 Å². The number of nitrogens with zero attached hydrogens (tertiary/aromatic N) is 1. The van der Waals surface area contributed by atoms with Crippen LogP contribution in [0, 0.1) is 0 Å². The van der Waals surface area contributed by atoms with Crippen LogP contribution in [0.15, 0.2) is 21.7 Å². The molecule has 1 heterocycles.